The van der Waals surface area contributed by atoms with E-state index in [-0.39, 0.29) is 0 Å². The highest BCUT2D eigenvalue weighted by Crippen LogP contribution is 2.42. The first kappa shape index (κ1) is 12.3. The van der Waals surface area contributed by atoms with Crippen LogP contribution in [0, 0.1) is 0 Å². The van der Waals surface area contributed by atoms with Gasteiger partial charge in [-0.1, -0.05) is 0 Å². The summed E-state index contributed by atoms with van der Waals surface area (Å²) >= 11 is 3.59. The summed E-state index contributed by atoms with van der Waals surface area (Å²) in [5, 5.41) is 3.58. The zero-order valence-electron chi connectivity index (χ0n) is 10.7. The Morgan fingerprint density at radius 3 is 2.72 bits per heavy atom. The van der Waals surface area contributed by atoms with Crippen LogP contribution in [0.4, 0.5) is 0 Å². The van der Waals surface area contributed by atoms with Crippen LogP contribution in [0.1, 0.15) is 31.7 Å². The maximum absolute atomic E-state index is 5.69. The van der Waals surface area contributed by atoms with E-state index in [0.717, 1.165) is 16.0 Å². The monoisotopic (exact) mass is 311 g/mol. The molecule has 2 heterocycles. The molecule has 0 amide bonds. The van der Waals surface area contributed by atoms with Crippen molar-refractivity contribution in [2.75, 3.05) is 13.2 Å². The van der Waals surface area contributed by atoms with Crippen LogP contribution in [-0.4, -0.2) is 25.3 Å². The summed E-state index contributed by atoms with van der Waals surface area (Å²) in [5.41, 5.74) is 1.33. The van der Waals surface area contributed by atoms with Gasteiger partial charge < -0.3 is 14.8 Å². The quantitative estimate of drug-likeness (QED) is 0.864. The van der Waals surface area contributed by atoms with E-state index in [1.54, 1.807) is 0 Å². The van der Waals surface area contributed by atoms with Crippen LogP contribution in [0.15, 0.2) is 16.6 Å². The molecule has 2 aliphatic heterocycles. The smallest absolute Gasteiger partial charge is 0.175 e. The van der Waals surface area contributed by atoms with Gasteiger partial charge in [0.1, 0.15) is 13.2 Å². The number of ether oxygens (including phenoxy) is 2. The van der Waals surface area contributed by atoms with Gasteiger partial charge in [-0.05, 0) is 53.9 Å². The van der Waals surface area contributed by atoms with E-state index in [4.69, 9.17) is 9.47 Å². The van der Waals surface area contributed by atoms with E-state index in [9.17, 15) is 0 Å². The fraction of sp³-hybridized carbons (Fsp3) is 0.571. The van der Waals surface area contributed by atoms with Crippen molar-refractivity contribution in [3.05, 3.63) is 22.2 Å². The lowest BCUT2D eigenvalue weighted by molar-refractivity contribution is 0.170. The number of benzene rings is 1. The van der Waals surface area contributed by atoms with E-state index < -0.39 is 0 Å². The maximum Gasteiger partial charge on any atom is 0.175 e. The Bertz CT molecular complexity index is 463. The molecule has 4 heteroatoms. The van der Waals surface area contributed by atoms with Crippen LogP contribution in [0.25, 0.3) is 0 Å². The van der Waals surface area contributed by atoms with Crippen molar-refractivity contribution in [3.8, 4) is 11.5 Å². The molecule has 2 aliphatic rings. The summed E-state index contributed by atoms with van der Waals surface area (Å²) in [7, 11) is 0. The van der Waals surface area contributed by atoms with Gasteiger partial charge in [-0.15, -0.1) is 0 Å². The van der Waals surface area contributed by atoms with Crippen molar-refractivity contribution < 1.29 is 9.47 Å². The first-order valence-electron chi connectivity index (χ1n) is 6.50. The fourth-order valence-corrected chi connectivity index (χ4v) is 3.56. The van der Waals surface area contributed by atoms with E-state index in [2.05, 4.69) is 47.2 Å². The van der Waals surface area contributed by atoms with Crippen molar-refractivity contribution in [2.24, 2.45) is 0 Å². The van der Waals surface area contributed by atoms with Crippen molar-refractivity contribution >= 4 is 15.9 Å². The second kappa shape index (κ2) is 4.74. The third-order valence-electron chi connectivity index (χ3n) is 3.81. The Kier molecular flexibility index (Phi) is 3.24. The van der Waals surface area contributed by atoms with Crippen molar-refractivity contribution in [3.63, 3.8) is 0 Å². The highest BCUT2D eigenvalue weighted by Gasteiger charge is 2.30. The number of hydrogen-bond acceptors (Lipinski definition) is 3. The van der Waals surface area contributed by atoms with Crippen molar-refractivity contribution in [1.29, 1.82) is 0 Å². The summed E-state index contributed by atoms with van der Waals surface area (Å²) in [6.07, 6.45) is 1.17. The molecule has 1 aromatic rings. The fourth-order valence-electron chi connectivity index (χ4n) is 2.99. The van der Waals surface area contributed by atoms with Gasteiger partial charge in [0.25, 0.3) is 0 Å². The van der Waals surface area contributed by atoms with Gasteiger partial charge in [-0.25, -0.2) is 0 Å². The van der Waals surface area contributed by atoms with Gasteiger partial charge >= 0.3 is 0 Å². The molecule has 0 radical (unpaired) electrons. The lowest BCUT2D eigenvalue weighted by atomic mass is 9.91. The molecular weight excluding hydrogens is 294 g/mol. The Hall–Kier alpha value is -0.740. The Balaban J connectivity index is 1.96. The molecule has 3 rings (SSSR count). The van der Waals surface area contributed by atoms with Crippen LogP contribution in [0.2, 0.25) is 0 Å². The molecule has 3 unspecified atom stereocenters. The first-order valence-corrected chi connectivity index (χ1v) is 7.29. The van der Waals surface area contributed by atoms with Gasteiger partial charge in [0.15, 0.2) is 11.5 Å². The maximum atomic E-state index is 5.69. The van der Waals surface area contributed by atoms with E-state index in [0.29, 0.717) is 31.2 Å². The Morgan fingerprint density at radius 2 is 2.00 bits per heavy atom. The molecule has 0 saturated carbocycles. The predicted octanol–water partition coefficient (Wildman–Crippen LogP) is 3.07. The number of rotatable bonds is 1. The molecule has 18 heavy (non-hydrogen) atoms. The molecule has 98 valence electrons. The molecular formula is C14H18BrNO2. The number of halogens is 1. The number of fused-ring (bicyclic) bond motifs is 1. The minimum atomic E-state index is 0.509. The van der Waals surface area contributed by atoms with E-state index >= 15 is 0 Å². The van der Waals surface area contributed by atoms with E-state index in [1.807, 2.05) is 0 Å². The van der Waals surface area contributed by atoms with Crippen LogP contribution in [-0.2, 0) is 0 Å². The van der Waals surface area contributed by atoms with Crippen LogP contribution in [0.5, 0.6) is 11.5 Å². The normalized spacial score (nSPS) is 30.5. The zero-order valence-corrected chi connectivity index (χ0v) is 12.3. The second-order valence-electron chi connectivity index (χ2n) is 5.23. The minimum absolute atomic E-state index is 0.509. The summed E-state index contributed by atoms with van der Waals surface area (Å²) in [6, 6.07) is 5.40. The summed E-state index contributed by atoms with van der Waals surface area (Å²) in [5.74, 6) is 2.26. The van der Waals surface area contributed by atoms with Gasteiger partial charge in [0.2, 0.25) is 0 Å². The lowest BCUT2D eigenvalue weighted by Crippen LogP contribution is -2.26. The third-order valence-corrected chi connectivity index (χ3v) is 4.39. The Morgan fingerprint density at radius 1 is 1.22 bits per heavy atom. The molecule has 1 N–H and O–H groups in total. The number of nitrogens with one attached hydrogen (secondary N) is 1. The molecule has 0 aliphatic carbocycles. The summed E-state index contributed by atoms with van der Waals surface area (Å²) in [4.78, 5) is 0. The van der Waals surface area contributed by atoms with Gasteiger partial charge in [0, 0.05) is 18.0 Å². The van der Waals surface area contributed by atoms with E-state index in [1.165, 1.54) is 12.0 Å². The van der Waals surface area contributed by atoms with Gasteiger partial charge in [0.05, 0.1) is 4.47 Å². The average Bonchev–Trinajstić information content (AvgIpc) is 2.68. The van der Waals surface area contributed by atoms with Crippen LogP contribution < -0.4 is 14.8 Å². The SMILES string of the molecule is CC1CC(c2cc(Br)c3c(c2)OCCO3)C(C)N1. The molecule has 3 atom stereocenters. The molecule has 3 nitrogen and oxygen atoms in total. The molecule has 0 bridgehead atoms. The van der Waals surface area contributed by atoms with Crippen molar-refractivity contribution in [2.45, 2.75) is 38.3 Å². The van der Waals surface area contributed by atoms with Crippen LogP contribution in [0.3, 0.4) is 0 Å². The van der Waals surface area contributed by atoms with Crippen molar-refractivity contribution in [1.82, 2.24) is 5.32 Å². The second-order valence-corrected chi connectivity index (χ2v) is 6.08. The predicted molar refractivity (Wildman–Crippen MR) is 74.5 cm³/mol. The zero-order chi connectivity index (χ0) is 12.7. The summed E-state index contributed by atoms with van der Waals surface area (Å²) < 4.78 is 12.3. The molecule has 0 spiro atoms. The summed E-state index contributed by atoms with van der Waals surface area (Å²) in [6.45, 7) is 5.75. The lowest BCUT2D eigenvalue weighted by Gasteiger charge is -2.23. The van der Waals surface area contributed by atoms with Crippen LogP contribution >= 0.6 is 15.9 Å². The Labute approximate surface area is 116 Å². The molecule has 1 fully saturated rings. The standard InChI is InChI=1S/C14H18BrNO2/c1-8-5-11(9(2)16-8)10-6-12(15)14-13(7-10)17-3-4-18-14/h6-9,11,16H,3-5H2,1-2H3. The topological polar surface area (TPSA) is 30.5 Å². The first-order chi connectivity index (χ1) is 8.65. The highest BCUT2D eigenvalue weighted by atomic mass is 79.9. The van der Waals surface area contributed by atoms with Gasteiger partial charge in [-0.2, -0.15) is 0 Å². The molecule has 1 saturated heterocycles. The third kappa shape index (κ3) is 2.12. The highest BCUT2D eigenvalue weighted by molar-refractivity contribution is 9.10. The molecule has 0 aromatic heterocycles. The number of hydrogen-bond donors (Lipinski definition) is 1. The average molecular weight is 312 g/mol. The molecule has 1 aromatic carbocycles. The largest absolute Gasteiger partial charge is 0.486 e. The minimum Gasteiger partial charge on any atom is -0.486 e. The van der Waals surface area contributed by atoms with Gasteiger partial charge in [-0.3, -0.25) is 0 Å².